The molecule has 0 N–H and O–H groups in total. The van der Waals surface area contributed by atoms with E-state index in [1.54, 1.807) is 12.3 Å². The Kier molecular flexibility index (Phi) is 4.39. The minimum atomic E-state index is 0.150. The van der Waals surface area contributed by atoms with Gasteiger partial charge in [0.2, 0.25) is 0 Å². The van der Waals surface area contributed by atoms with Crippen LogP contribution >= 0.6 is 0 Å². The average molecular weight is 371 g/mol. The number of nitrogens with zero attached hydrogens (tertiary/aromatic N) is 2. The summed E-state index contributed by atoms with van der Waals surface area (Å²) in [6.45, 7) is 0. The molecule has 0 aliphatic heterocycles. The maximum atomic E-state index is 6.18. The molecule has 30 heavy (non-hydrogen) atoms. The highest BCUT2D eigenvalue weighted by Crippen LogP contribution is 2.35. The van der Waals surface area contributed by atoms with Gasteiger partial charge in [0, 0.05) is 28.1 Å². The van der Waals surface area contributed by atoms with Crippen molar-refractivity contribution in [3.05, 3.63) is 54.7 Å². The van der Waals surface area contributed by atoms with Crippen LogP contribution in [-0.4, -0.2) is 49.2 Å². The average Bonchev–Trinajstić information content (AvgIpc) is 3.15. The van der Waals surface area contributed by atoms with Crippen molar-refractivity contribution in [2.45, 2.75) is 0 Å². The molecule has 0 aliphatic carbocycles. The minimum Gasteiger partial charge on any atom is -0.455 e. The molecule has 3 aromatic carbocycles. The van der Waals surface area contributed by atoms with Gasteiger partial charge in [0.1, 0.15) is 50.4 Å². The maximum Gasteiger partial charge on any atom is 0.158 e. The second kappa shape index (κ2) is 6.98. The molecule has 0 saturated carbocycles. The molecule has 128 valence electrons. The van der Waals surface area contributed by atoms with E-state index in [2.05, 4.69) is 9.97 Å². The van der Waals surface area contributed by atoms with Gasteiger partial charge in [0.05, 0.1) is 5.69 Å². The van der Waals surface area contributed by atoms with Gasteiger partial charge in [-0.15, -0.1) is 16.4 Å². The molecule has 0 atom stereocenters. The zero-order valence-corrected chi connectivity index (χ0v) is 15.9. The van der Waals surface area contributed by atoms with Gasteiger partial charge in [0.25, 0.3) is 0 Å². The largest absolute Gasteiger partial charge is 0.455 e. The first-order valence-corrected chi connectivity index (χ1v) is 9.22. The Balaban J connectivity index is 1.75. The summed E-state index contributed by atoms with van der Waals surface area (Å²) in [7, 11) is 30.2. The molecule has 8 heteroatoms. The maximum absolute atomic E-state index is 6.18. The Labute approximate surface area is 180 Å². The van der Waals surface area contributed by atoms with Crippen LogP contribution in [0.15, 0.2) is 59.1 Å². The van der Waals surface area contributed by atoms with Crippen LogP contribution in [0.4, 0.5) is 0 Å². The second-order valence-electron chi connectivity index (χ2n) is 6.99. The summed E-state index contributed by atoms with van der Waals surface area (Å²) in [5.41, 5.74) is 4.22. The van der Waals surface area contributed by atoms with Crippen molar-refractivity contribution in [2.75, 3.05) is 0 Å². The third kappa shape index (κ3) is 2.74. The molecule has 0 aliphatic rings. The monoisotopic (exact) mass is 372 g/mol. The number of aromatic nitrogens is 2. The van der Waals surface area contributed by atoms with Gasteiger partial charge >= 0.3 is 0 Å². The Hall–Kier alpha value is -3.14. The number of benzene rings is 3. The van der Waals surface area contributed by atoms with Crippen molar-refractivity contribution in [2.24, 2.45) is 0 Å². The zero-order chi connectivity index (χ0) is 21.0. The highest BCUT2D eigenvalue weighted by molar-refractivity contribution is 6.68. The van der Waals surface area contributed by atoms with Crippen LogP contribution in [0.1, 0.15) is 0 Å². The van der Waals surface area contributed by atoms with Crippen molar-refractivity contribution in [3.63, 3.8) is 0 Å². The topological polar surface area (TPSA) is 38.9 Å². The van der Waals surface area contributed by atoms with Crippen molar-refractivity contribution in [3.8, 4) is 22.6 Å². The highest BCUT2D eigenvalue weighted by Gasteiger charge is 2.17. The van der Waals surface area contributed by atoms with Crippen LogP contribution < -0.4 is 27.3 Å². The smallest absolute Gasteiger partial charge is 0.158 e. The molecule has 5 aromatic rings. The lowest BCUT2D eigenvalue weighted by atomic mass is 9.60. The van der Waals surface area contributed by atoms with E-state index in [1.807, 2.05) is 42.5 Å². The molecular formula is C22H9B5N2O. The van der Waals surface area contributed by atoms with Gasteiger partial charge in [-0.3, -0.25) is 0 Å². The summed E-state index contributed by atoms with van der Waals surface area (Å²) in [6, 6.07) is 15.6. The Morgan fingerprint density at radius 3 is 2.10 bits per heavy atom. The van der Waals surface area contributed by atoms with Crippen molar-refractivity contribution in [1.29, 1.82) is 0 Å². The van der Waals surface area contributed by atoms with E-state index < -0.39 is 0 Å². The van der Waals surface area contributed by atoms with Crippen LogP contribution in [0.2, 0.25) is 0 Å². The molecule has 2 aromatic heterocycles. The summed E-state index contributed by atoms with van der Waals surface area (Å²) in [5, 5.41) is 2.04. The number of para-hydroxylation sites is 2. The fourth-order valence-corrected chi connectivity index (χ4v) is 3.67. The summed E-state index contributed by atoms with van der Waals surface area (Å²) in [4.78, 5) is 9.02. The number of hydrogen-bond acceptors (Lipinski definition) is 3. The summed E-state index contributed by atoms with van der Waals surface area (Å²) in [6.07, 6.45) is 1.63. The van der Waals surface area contributed by atoms with Crippen molar-refractivity contribution < 1.29 is 4.42 Å². The lowest BCUT2D eigenvalue weighted by Gasteiger charge is -2.20. The van der Waals surface area contributed by atoms with Gasteiger partial charge in [0.15, 0.2) is 5.82 Å². The van der Waals surface area contributed by atoms with Gasteiger partial charge in [-0.25, -0.2) is 9.97 Å². The van der Waals surface area contributed by atoms with Crippen LogP contribution in [0.25, 0.3) is 44.6 Å². The SMILES string of the molecule is [B]c1c([B])c([B])c(-c2nccc(-c3cccc4c3oc3ccccc34)n2)c([B])c1[B]. The number of fused-ring (bicyclic) bond motifs is 3. The molecule has 2 heterocycles. The Morgan fingerprint density at radius 2 is 1.33 bits per heavy atom. The second-order valence-corrected chi connectivity index (χ2v) is 6.99. The summed E-state index contributed by atoms with van der Waals surface area (Å²) in [5.74, 6) is 0.300. The Morgan fingerprint density at radius 1 is 0.667 bits per heavy atom. The van der Waals surface area contributed by atoms with Crippen LogP contribution in [0.3, 0.4) is 0 Å². The first-order chi connectivity index (χ1) is 14.5. The standard InChI is InChI=1S/C22H9B5N2O/c23-16-15(17(24)19(26)20(27)18(16)25)22-28-9-8-13(29-22)12-6-3-5-11-10-4-1-2-7-14(10)30-21(11)12/h1-9H. The first kappa shape index (κ1) is 18.9. The quantitative estimate of drug-likeness (QED) is 0.399. The van der Waals surface area contributed by atoms with E-state index in [-0.39, 0.29) is 27.3 Å². The lowest BCUT2D eigenvalue weighted by molar-refractivity contribution is 0.670. The van der Waals surface area contributed by atoms with Crippen LogP contribution in [0, 0.1) is 0 Å². The predicted molar refractivity (Wildman–Crippen MR) is 127 cm³/mol. The summed E-state index contributed by atoms with van der Waals surface area (Å²) >= 11 is 0. The van der Waals surface area contributed by atoms with Crippen LogP contribution in [0.5, 0.6) is 0 Å². The van der Waals surface area contributed by atoms with Crippen molar-refractivity contribution in [1.82, 2.24) is 9.97 Å². The number of hydrogen-bond donors (Lipinski definition) is 0. The van der Waals surface area contributed by atoms with Crippen LogP contribution in [-0.2, 0) is 0 Å². The third-order valence-corrected chi connectivity index (χ3v) is 5.26. The normalized spacial score (nSPS) is 11.3. The van der Waals surface area contributed by atoms with Gasteiger partial charge in [-0.2, -0.15) is 0 Å². The van der Waals surface area contributed by atoms with E-state index in [0.717, 1.165) is 27.5 Å². The van der Waals surface area contributed by atoms with E-state index in [0.29, 0.717) is 17.1 Å². The molecule has 3 nitrogen and oxygen atoms in total. The lowest BCUT2D eigenvalue weighted by Crippen LogP contribution is -2.55. The number of rotatable bonds is 2. The molecular weight excluding hydrogens is 362 g/mol. The van der Waals surface area contributed by atoms with E-state index >= 15 is 0 Å². The molecule has 5 rings (SSSR count). The molecule has 0 fully saturated rings. The molecule has 0 unspecified atom stereocenters. The van der Waals surface area contributed by atoms with E-state index in [4.69, 9.17) is 43.6 Å². The fourth-order valence-electron chi connectivity index (χ4n) is 3.67. The summed E-state index contributed by atoms with van der Waals surface area (Å²) < 4.78 is 6.12. The van der Waals surface area contributed by atoms with Crippen molar-refractivity contribution >= 4 is 88.5 Å². The van der Waals surface area contributed by atoms with E-state index in [9.17, 15) is 0 Å². The Bertz CT molecular complexity index is 1430. The predicted octanol–water partition coefficient (Wildman–Crippen LogP) is -0.321. The third-order valence-electron chi connectivity index (χ3n) is 5.26. The van der Waals surface area contributed by atoms with Gasteiger partial charge in [-0.05, 0) is 18.2 Å². The fraction of sp³-hybridized carbons (Fsp3) is 0. The molecule has 10 radical (unpaired) electrons. The number of furan rings is 1. The highest BCUT2D eigenvalue weighted by atomic mass is 16.3. The van der Waals surface area contributed by atoms with E-state index in [1.165, 1.54) is 0 Å². The molecule has 0 bridgehead atoms. The molecule has 0 amide bonds. The zero-order valence-electron chi connectivity index (χ0n) is 15.9. The molecule has 0 spiro atoms. The van der Waals surface area contributed by atoms with Gasteiger partial charge < -0.3 is 4.42 Å². The first-order valence-electron chi connectivity index (χ1n) is 9.22. The molecule has 0 saturated heterocycles. The minimum absolute atomic E-state index is 0.150. The van der Waals surface area contributed by atoms with Gasteiger partial charge in [-0.1, -0.05) is 41.3 Å².